The summed E-state index contributed by atoms with van der Waals surface area (Å²) in [5, 5.41) is 16.6. The summed E-state index contributed by atoms with van der Waals surface area (Å²) in [4.78, 5) is 22.3. The fourth-order valence-electron chi connectivity index (χ4n) is 1.68. The third kappa shape index (κ3) is 3.94. The van der Waals surface area contributed by atoms with Crippen LogP contribution in [0.15, 0.2) is 18.2 Å². The minimum Gasteiger partial charge on any atom is -0.368 e. The van der Waals surface area contributed by atoms with Crippen LogP contribution in [0.1, 0.15) is 26.3 Å². The van der Waals surface area contributed by atoms with Crippen molar-refractivity contribution in [2.24, 2.45) is 0 Å². The molecule has 1 aromatic rings. The Morgan fingerprint density at radius 2 is 1.95 bits per heavy atom. The highest BCUT2D eigenvalue weighted by Gasteiger charge is 2.20. The molecular formula is C13H19N3O3. The van der Waals surface area contributed by atoms with Crippen molar-refractivity contribution in [1.29, 1.82) is 0 Å². The Bertz CT molecular complexity index is 486. The number of carbonyl (C=O) groups excluding carboxylic acids is 1. The van der Waals surface area contributed by atoms with E-state index in [1.165, 1.54) is 6.07 Å². The molecule has 1 atom stereocenters. The maximum absolute atomic E-state index is 11.8. The lowest BCUT2D eigenvalue weighted by Gasteiger charge is -2.18. The molecule has 1 rings (SSSR count). The van der Waals surface area contributed by atoms with Crippen LogP contribution in [0.5, 0.6) is 0 Å². The van der Waals surface area contributed by atoms with E-state index in [1.807, 2.05) is 13.8 Å². The highest BCUT2D eigenvalue weighted by molar-refractivity contribution is 5.85. The number of carbonyl (C=O) groups is 1. The van der Waals surface area contributed by atoms with E-state index in [0.717, 1.165) is 5.56 Å². The third-order valence-electron chi connectivity index (χ3n) is 2.63. The summed E-state index contributed by atoms with van der Waals surface area (Å²) in [5.41, 5.74) is 1.10. The molecule has 2 N–H and O–H groups in total. The van der Waals surface area contributed by atoms with Crippen LogP contribution in [0, 0.1) is 17.0 Å². The number of para-hydroxylation sites is 1. The summed E-state index contributed by atoms with van der Waals surface area (Å²) < 4.78 is 0. The van der Waals surface area contributed by atoms with Gasteiger partial charge in [0.15, 0.2) is 0 Å². The number of amides is 1. The van der Waals surface area contributed by atoms with Crippen molar-refractivity contribution in [2.45, 2.75) is 39.8 Å². The largest absolute Gasteiger partial charge is 0.368 e. The molecule has 19 heavy (non-hydrogen) atoms. The van der Waals surface area contributed by atoms with Crippen LogP contribution in [-0.2, 0) is 4.79 Å². The van der Waals surface area contributed by atoms with Crippen molar-refractivity contribution in [1.82, 2.24) is 5.32 Å². The van der Waals surface area contributed by atoms with Gasteiger partial charge in [0.25, 0.3) is 5.69 Å². The van der Waals surface area contributed by atoms with Gasteiger partial charge < -0.3 is 10.6 Å². The summed E-state index contributed by atoms with van der Waals surface area (Å²) in [6.07, 6.45) is 0. The van der Waals surface area contributed by atoms with Crippen LogP contribution < -0.4 is 10.6 Å². The normalized spacial score (nSPS) is 12.1. The Hall–Kier alpha value is -2.11. The van der Waals surface area contributed by atoms with Crippen molar-refractivity contribution in [3.63, 3.8) is 0 Å². The minimum atomic E-state index is -0.540. The van der Waals surface area contributed by atoms with Gasteiger partial charge >= 0.3 is 0 Å². The van der Waals surface area contributed by atoms with Gasteiger partial charge in [-0.15, -0.1) is 0 Å². The Labute approximate surface area is 112 Å². The molecule has 6 heteroatoms. The van der Waals surface area contributed by atoms with Crippen LogP contribution in [0.2, 0.25) is 0 Å². The summed E-state index contributed by atoms with van der Waals surface area (Å²) >= 11 is 0. The zero-order valence-corrected chi connectivity index (χ0v) is 11.6. The van der Waals surface area contributed by atoms with E-state index >= 15 is 0 Å². The number of nitrogens with zero attached hydrogens (tertiary/aromatic N) is 1. The van der Waals surface area contributed by atoms with Crippen LogP contribution in [0.4, 0.5) is 11.4 Å². The first-order valence-electron chi connectivity index (χ1n) is 6.13. The topological polar surface area (TPSA) is 84.3 Å². The average Bonchev–Trinajstić information content (AvgIpc) is 2.30. The number of nitro benzene ring substituents is 1. The summed E-state index contributed by atoms with van der Waals surface area (Å²) in [6, 6.07) is 4.30. The van der Waals surface area contributed by atoms with Gasteiger partial charge in [-0.05, 0) is 33.3 Å². The molecule has 0 fully saturated rings. The third-order valence-corrected chi connectivity index (χ3v) is 2.63. The molecule has 0 bridgehead atoms. The van der Waals surface area contributed by atoms with E-state index < -0.39 is 11.0 Å². The summed E-state index contributed by atoms with van der Waals surface area (Å²) in [7, 11) is 0. The second kappa shape index (κ2) is 6.17. The SMILES string of the molecule is Cc1cccc([N+](=O)[O-])c1NC(C)C(=O)NC(C)C. The number of benzene rings is 1. The van der Waals surface area contributed by atoms with Crippen molar-refractivity contribution >= 4 is 17.3 Å². The molecule has 0 aliphatic heterocycles. The van der Waals surface area contributed by atoms with Gasteiger partial charge in [-0.3, -0.25) is 14.9 Å². The maximum atomic E-state index is 11.8. The monoisotopic (exact) mass is 265 g/mol. The van der Waals surface area contributed by atoms with Crippen LogP contribution >= 0.6 is 0 Å². The molecule has 0 saturated carbocycles. The Morgan fingerprint density at radius 3 is 2.47 bits per heavy atom. The van der Waals surface area contributed by atoms with Gasteiger partial charge in [0, 0.05) is 12.1 Å². The van der Waals surface area contributed by atoms with Gasteiger partial charge in [0.1, 0.15) is 11.7 Å². The number of nitrogens with one attached hydrogen (secondary N) is 2. The number of nitro groups is 1. The standard InChI is InChI=1S/C13H19N3O3/c1-8(2)14-13(17)10(4)15-12-9(3)6-5-7-11(12)16(18)19/h5-8,10,15H,1-4H3,(H,14,17). The van der Waals surface area contributed by atoms with Crippen LogP contribution in [-0.4, -0.2) is 22.9 Å². The highest BCUT2D eigenvalue weighted by atomic mass is 16.6. The lowest BCUT2D eigenvalue weighted by atomic mass is 10.1. The van der Waals surface area contributed by atoms with Gasteiger partial charge in [-0.25, -0.2) is 0 Å². The predicted octanol–water partition coefficient (Wildman–Crippen LogP) is 2.23. The van der Waals surface area contributed by atoms with E-state index in [-0.39, 0.29) is 17.6 Å². The first kappa shape index (κ1) is 14.9. The zero-order valence-electron chi connectivity index (χ0n) is 11.6. The van der Waals surface area contributed by atoms with Gasteiger partial charge in [0.05, 0.1) is 4.92 Å². The molecule has 104 valence electrons. The Morgan fingerprint density at radius 1 is 1.32 bits per heavy atom. The van der Waals surface area contributed by atoms with Crippen molar-refractivity contribution in [3.05, 3.63) is 33.9 Å². The van der Waals surface area contributed by atoms with Gasteiger partial charge in [-0.2, -0.15) is 0 Å². The van der Waals surface area contributed by atoms with E-state index in [1.54, 1.807) is 26.0 Å². The van der Waals surface area contributed by atoms with E-state index in [0.29, 0.717) is 5.69 Å². The lowest BCUT2D eigenvalue weighted by Crippen LogP contribution is -2.41. The number of hydrogen-bond donors (Lipinski definition) is 2. The van der Waals surface area contributed by atoms with Crippen molar-refractivity contribution in [2.75, 3.05) is 5.32 Å². The average molecular weight is 265 g/mol. The van der Waals surface area contributed by atoms with E-state index in [4.69, 9.17) is 0 Å². The first-order valence-corrected chi connectivity index (χ1v) is 6.13. The molecule has 0 aromatic heterocycles. The maximum Gasteiger partial charge on any atom is 0.292 e. The van der Waals surface area contributed by atoms with E-state index in [2.05, 4.69) is 10.6 Å². The van der Waals surface area contributed by atoms with Crippen LogP contribution in [0.3, 0.4) is 0 Å². The summed E-state index contributed by atoms with van der Waals surface area (Å²) in [6.45, 7) is 7.16. The van der Waals surface area contributed by atoms with Crippen LogP contribution in [0.25, 0.3) is 0 Å². The van der Waals surface area contributed by atoms with Gasteiger partial charge in [0.2, 0.25) is 5.91 Å². The summed E-state index contributed by atoms with van der Waals surface area (Å²) in [5.74, 6) is -0.187. The van der Waals surface area contributed by atoms with Gasteiger partial charge in [-0.1, -0.05) is 12.1 Å². The fourth-order valence-corrected chi connectivity index (χ4v) is 1.68. The lowest BCUT2D eigenvalue weighted by molar-refractivity contribution is -0.384. The molecule has 0 aliphatic rings. The van der Waals surface area contributed by atoms with Crippen molar-refractivity contribution < 1.29 is 9.72 Å². The molecular weight excluding hydrogens is 246 g/mol. The molecule has 6 nitrogen and oxygen atoms in total. The molecule has 1 amide bonds. The number of anilines is 1. The molecule has 0 spiro atoms. The number of aryl methyl sites for hydroxylation is 1. The quantitative estimate of drug-likeness (QED) is 0.631. The second-order valence-electron chi connectivity index (χ2n) is 4.76. The van der Waals surface area contributed by atoms with Crippen molar-refractivity contribution in [3.8, 4) is 0 Å². The molecule has 1 aromatic carbocycles. The van der Waals surface area contributed by atoms with E-state index in [9.17, 15) is 14.9 Å². The number of rotatable bonds is 5. The molecule has 0 aliphatic carbocycles. The molecule has 0 saturated heterocycles. The zero-order chi connectivity index (χ0) is 14.6. The minimum absolute atomic E-state index is 0.0239. The molecule has 1 unspecified atom stereocenters. The fraction of sp³-hybridized carbons (Fsp3) is 0.462. The predicted molar refractivity (Wildman–Crippen MR) is 74.2 cm³/mol. The highest BCUT2D eigenvalue weighted by Crippen LogP contribution is 2.28. The first-order chi connectivity index (χ1) is 8.82. The molecule has 0 radical (unpaired) electrons. The Kier molecular flexibility index (Phi) is 4.86. The number of hydrogen-bond acceptors (Lipinski definition) is 4. The second-order valence-corrected chi connectivity index (χ2v) is 4.76. The molecule has 0 heterocycles. The smallest absolute Gasteiger partial charge is 0.292 e. The Balaban J connectivity index is 2.93.